The number of nitrogens with one attached hydrogen (secondary N) is 1. The van der Waals surface area contributed by atoms with E-state index < -0.39 is 17.8 Å². The van der Waals surface area contributed by atoms with E-state index in [1.165, 1.54) is 31.2 Å². The molecule has 0 aliphatic rings. The van der Waals surface area contributed by atoms with Crippen molar-refractivity contribution in [2.75, 3.05) is 26.0 Å². The van der Waals surface area contributed by atoms with Gasteiger partial charge in [0.2, 0.25) is 0 Å². The summed E-state index contributed by atoms with van der Waals surface area (Å²) in [4.78, 5) is 23.3. The molecular formula is C12H15FN2O4. The third-order valence-corrected chi connectivity index (χ3v) is 2.37. The van der Waals surface area contributed by atoms with Crippen LogP contribution in [0.25, 0.3) is 0 Å². The van der Waals surface area contributed by atoms with Crippen molar-refractivity contribution in [1.82, 2.24) is 4.90 Å². The van der Waals surface area contributed by atoms with Crippen molar-refractivity contribution >= 4 is 17.7 Å². The zero-order valence-corrected chi connectivity index (χ0v) is 10.6. The van der Waals surface area contributed by atoms with Gasteiger partial charge in [0.15, 0.2) is 0 Å². The Bertz CT molecular complexity index is 479. The van der Waals surface area contributed by atoms with Crippen molar-refractivity contribution in [3.63, 3.8) is 0 Å². The fraction of sp³-hybridized carbons (Fsp3) is 0.333. The number of carboxylic acid groups (broad SMARTS) is 1. The topological polar surface area (TPSA) is 78.9 Å². The zero-order chi connectivity index (χ0) is 14.4. The maximum atomic E-state index is 13.2. The number of carboxylic acids is 1. The molecule has 104 valence electrons. The lowest BCUT2D eigenvalue weighted by Gasteiger charge is -2.17. The Balaban J connectivity index is 2.65. The van der Waals surface area contributed by atoms with Crippen molar-refractivity contribution in [2.45, 2.75) is 6.42 Å². The molecule has 6 nitrogen and oxygen atoms in total. The van der Waals surface area contributed by atoms with Crippen LogP contribution in [0.1, 0.15) is 6.42 Å². The quantitative estimate of drug-likeness (QED) is 0.854. The maximum Gasteiger partial charge on any atom is 0.321 e. The molecule has 0 saturated carbocycles. The Hall–Kier alpha value is -2.31. The first-order valence-electron chi connectivity index (χ1n) is 5.51. The Kier molecular flexibility index (Phi) is 5.11. The molecule has 7 heteroatoms. The fourth-order valence-corrected chi connectivity index (χ4v) is 1.34. The van der Waals surface area contributed by atoms with Gasteiger partial charge >= 0.3 is 12.0 Å². The van der Waals surface area contributed by atoms with E-state index in [1.54, 1.807) is 0 Å². The van der Waals surface area contributed by atoms with Crippen LogP contribution >= 0.6 is 0 Å². The number of halogens is 1. The molecule has 2 amide bonds. The highest BCUT2D eigenvalue weighted by Gasteiger charge is 2.11. The fourth-order valence-electron chi connectivity index (χ4n) is 1.34. The van der Waals surface area contributed by atoms with Crippen LogP contribution in [0, 0.1) is 5.82 Å². The second-order valence-electron chi connectivity index (χ2n) is 3.88. The van der Waals surface area contributed by atoms with Crippen molar-refractivity contribution in [3.8, 4) is 5.75 Å². The molecule has 0 aliphatic heterocycles. The van der Waals surface area contributed by atoms with E-state index >= 15 is 0 Å². The Morgan fingerprint density at radius 3 is 2.68 bits per heavy atom. The number of hydrogen-bond donors (Lipinski definition) is 2. The third kappa shape index (κ3) is 4.82. The summed E-state index contributed by atoms with van der Waals surface area (Å²) in [6.45, 7) is 0.0631. The summed E-state index contributed by atoms with van der Waals surface area (Å²) in [5, 5.41) is 11.0. The average molecular weight is 270 g/mol. The molecular weight excluding hydrogens is 255 g/mol. The molecule has 1 aromatic carbocycles. The number of benzene rings is 1. The van der Waals surface area contributed by atoms with Crippen LogP contribution in [0.2, 0.25) is 0 Å². The van der Waals surface area contributed by atoms with E-state index in [9.17, 15) is 14.0 Å². The molecule has 0 spiro atoms. The van der Waals surface area contributed by atoms with E-state index in [2.05, 4.69) is 5.32 Å². The van der Waals surface area contributed by atoms with Crippen LogP contribution in [-0.4, -0.2) is 42.7 Å². The number of urea groups is 1. The van der Waals surface area contributed by atoms with E-state index in [1.807, 2.05) is 0 Å². The number of aliphatic carboxylic acids is 1. The number of rotatable bonds is 5. The van der Waals surface area contributed by atoms with E-state index in [-0.39, 0.29) is 24.4 Å². The number of carbonyl (C=O) groups excluding carboxylic acids is 1. The van der Waals surface area contributed by atoms with Crippen molar-refractivity contribution < 1.29 is 23.8 Å². The lowest BCUT2D eigenvalue weighted by molar-refractivity contribution is -0.137. The smallest absolute Gasteiger partial charge is 0.321 e. The molecule has 0 heterocycles. The van der Waals surface area contributed by atoms with Gasteiger partial charge in [0.1, 0.15) is 11.6 Å². The minimum absolute atomic E-state index is 0.0631. The van der Waals surface area contributed by atoms with Crippen LogP contribution in [0.3, 0.4) is 0 Å². The van der Waals surface area contributed by atoms with Gasteiger partial charge in [-0.2, -0.15) is 0 Å². The summed E-state index contributed by atoms with van der Waals surface area (Å²) in [5.74, 6) is -1.25. The first-order chi connectivity index (χ1) is 8.92. The van der Waals surface area contributed by atoms with Crippen LogP contribution in [0.4, 0.5) is 14.9 Å². The second kappa shape index (κ2) is 6.58. The normalized spacial score (nSPS) is 9.84. The molecule has 1 aromatic rings. The summed E-state index contributed by atoms with van der Waals surface area (Å²) in [5.41, 5.74) is 0.240. The van der Waals surface area contributed by atoms with E-state index in [4.69, 9.17) is 9.84 Å². The van der Waals surface area contributed by atoms with Crippen LogP contribution in [0.15, 0.2) is 18.2 Å². The lowest BCUT2D eigenvalue weighted by Crippen LogP contribution is -2.33. The lowest BCUT2D eigenvalue weighted by atomic mass is 10.3. The standard InChI is InChI=1S/C12H15FN2O4/c1-15(4-3-11(16)17)12(18)14-9-5-8(13)6-10(7-9)19-2/h5-7H,3-4H2,1-2H3,(H,14,18)(H,16,17). The number of anilines is 1. The number of ether oxygens (including phenoxy) is 1. The predicted octanol–water partition coefficient (Wildman–Crippen LogP) is 1.77. The van der Waals surface area contributed by atoms with Gasteiger partial charge in [0.05, 0.1) is 13.5 Å². The largest absolute Gasteiger partial charge is 0.497 e. The van der Waals surface area contributed by atoms with Crippen molar-refractivity contribution in [1.29, 1.82) is 0 Å². The van der Waals surface area contributed by atoms with E-state index in [0.29, 0.717) is 0 Å². The summed E-state index contributed by atoms with van der Waals surface area (Å²) >= 11 is 0. The number of nitrogens with zero attached hydrogens (tertiary/aromatic N) is 1. The monoisotopic (exact) mass is 270 g/mol. The summed E-state index contributed by atoms with van der Waals surface area (Å²) in [6.07, 6.45) is -0.156. The molecule has 1 rings (SSSR count). The molecule has 0 fully saturated rings. The molecule has 2 N–H and O–H groups in total. The number of amides is 2. The number of hydrogen-bond acceptors (Lipinski definition) is 3. The molecule has 0 aliphatic carbocycles. The Morgan fingerprint density at radius 1 is 1.42 bits per heavy atom. The van der Waals surface area contributed by atoms with Gasteiger partial charge in [0.25, 0.3) is 0 Å². The third-order valence-electron chi connectivity index (χ3n) is 2.37. The van der Waals surface area contributed by atoms with Crippen LogP contribution in [-0.2, 0) is 4.79 Å². The highest BCUT2D eigenvalue weighted by atomic mass is 19.1. The maximum absolute atomic E-state index is 13.2. The second-order valence-corrected chi connectivity index (χ2v) is 3.88. The number of carbonyl (C=O) groups is 2. The highest BCUT2D eigenvalue weighted by Crippen LogP contribution is 2.19. The van der Waals surface area contributed by atoms with Crippen molar-refractivity contribution in [2.24, 2.45) is 0 Å². The average Bonchev–Trinajstić information content (AvgIpc) is 2.34. The molecule has 0 unspecified atom stereocenters. The van der Waals surface area contributed by atoms with Gasteiger partial charge in [0, 0.05) is 31.4 Å². The minimum atomic E-state index is -0.993. The van der Waals surface area contributed by atoms with Gasteiger partial charge < -0.3 is 20.1 Å². The van der Waals surface area contributed by atoms with Gasteiger partial charge in [-0.1, -0.05) is 0 Å². The SMILES string of the molecule is COc1cc(F)cc(NC(=O)N(C)CCC(=O)O)c1. The minimum Gasteiger partial charge on any atom is -0.497 e. The van der Waals surface area contributed by atoms with Crippen LogP contribution < -0.4 is 10.1 Å². The summed E-state index contributed by atoms with van der Waals surface area (Å²) in [7, 11) is 2.84. The van der Waals surface area contributed by atoms with Gasteiger partial charge in [-0.15, -0.1) is 0 Å². The molecule has 0 bridgehead atoms. The van der Waals surface area contributed by atoms with Gasteiger partial charge in [-0.05, 0) is 6.07 Å². The summed E-state index contributed by atoms with van der Waals surface area (Å²) in [6, 6.07) is 3.27. The molecule has 0 atom stereocenters. The Labute approximate surface area is 109 Å². The molecule has 0 saturated heterocycles. The first-order valence-corrected chi connectivity index (χ1v) is 5.51. The number of methoxy groups -OCH3 is 1. The van der Waals surface area contributed by atoms with Gasteiger partial charge in [-0.25, -0.2) is 9.18 Å². The predicted molar refractivity (Wildman–Crippen MR) is 66.9 cm³/mol. The molecule has 0 radical (unpaired) electrons. The van der Waals surface area contributed by atoms with Crippen LogP contribution in [0.5, 0.6) is 5.75 Å². The van der Waals surface area contributed by atoms with E-state index in [0.717, 1.165) is 6.07 Å². The highest BCUT2D eigenvalue weighted by molar-refractivity contribution is 5.89. The van der Waals surface area contributed by atoms with Crippen molar-refractivity contribution in [3.05, 3.63) is 24.0 Å². The van der Waals surface area contributed by atoms with Gasteiger partial charge in [-0.3, -0.25) is 4.79 Å². The Morgan fingerprint density at radius 2 is 2.11 bits per heavy atom. The molecule has 19 heavy (non-hydrogen) atoms. The molecule has 0 aromatic heterocycles. The summed E-state index contributed by atoms with van der Waals surface area (Å²) < 4.78 is 18.1. The zero-order valence-electron chi connectivity index (χ0n) is 10.6. The first kappa shape index (κ1) is 14.7.